The summed E-state index contributed by atoms with van der Waals surface area (Å²) in [6.07, 6.45) is 2.86. The molecule has 0 saturated carbocycles. The third-order valence-electron chi connectivity index (χ3n) is 6.30. The van der Waals surface area contributed by atoms with Crippen LogP contribution in [0.1, 0.15) is 33.6 Å². The largest absolute Gasteiger partial charge is 0.385 e. The second-order valence-corrected chi connectivity index (χ2v) is 9.74. The maximum atomic E-state index is 12.8. The average molecular weight is 471 g/mol. The molecule has 2 N–H and O–H groups in total. The van der Waals surface area contributed by atoms with Gasteiger partial charge in [-0.2, -0.15) is 0 Å². The lowest BCUT2D eigenvalue weighted by Crippen LogP contribution is -2.43. The molecule has 1 amide bonds. The van der Waals surface area contributed by atoms with Gasteiger partial charge in [0.1, 0.15) is 5.82 Å². The lowest BCUT2D eigenvalue weighted by Gasteiger charge is -2.39. The highest BCUT2D eigenvalue weighted by Crippen LogP contribution is 2.34. The Morgan fingerprint density at radius 3 is 2.32 bits per heavy atom. The number of amides is 1. The van der Waals surface area contributed by atoms with Crippen LogP contribution in [0.5, 0.6) is 0 Å². The van der Waals surface area contributed by atoms with Crippen LogP contribution in [0.4, 0.5) is 10.9 Å². The van der Waals surface area contributed by atoms with Crippen molar-refractivity contribution in [1.82, 2.24) is 9.97 Å². The lowest BCUT2D eigenvalue weighted by atomic mass is 9.84. The molecule has 1 fully saturated rings. The summed E-state index contributed by atoms with van der Waals surface area (Å²) >= 11 is 1.46. The Bertz CT molecular complexity index is 1270. The minimum Gasteiger partial charge on any atom is -0.385 e. The first-order chi connectivity index (χ1) is 16.5. The molecule has 172 valence electrons. The van der Waals surface area contributed by atoms with Crippen molar-refractivity contribution < 1.29 is 9.90 Å². The summed E-state index contributed by atoms with van der Waals surface area (Å²) < 4.78 is 0. The van der Waals surface area contributed by atoms with E-state index in [-0.39, 0.29) is 5.91 Å². The number of aliphatic hydroxyl groups is 1. The Hall–Kier alpha value is -3.55. The molecule has 2 aromatic heterocycles. The van der Waals surface area contributed by atoms with Gasteiger partial charge in [0.05, 0.1) is 16.9 Å². The fourth-order valence-electron chi connectivity index (χ4n) is 4.33. The van der Waals surface area contributed by atoms with Crippen LogP contribution >= 0.6 is 11.3 Å². The number of pyridine rings is 1. The van der Waals surface area contributed by atoms with Crippen molar-refractivity contribution in [3.05, 3.63) is 95.0 Å². The van der Waals surface area contributed by atoms with Crippen molar-refractivity contribution in [2.75, 3.05) is 23.3 Å². The van der Waals surface area contributed by atoms with Gasteiger partial charge in [0, 0.05) is 29.7 Å². The van der Waals surface area contributed by atoms with Crippen LogP contribution in [0.3, 0.4) is 0 Å². The number of carbonyl (C=O) groups excluding carboxylic acids is 1. The summed E-state index contributed by atoms with van der Waals surface area (Å²) in [5.74, 6) is 0.577. The van der Waals surface area contributed by atoms with Gasteiger partial charge in [-0.15, -0.1) is 11.3 Å². The van der Waals surface area contributed by atoms with Gasteiger partial charge in [-0.3, -0.25) is 10.1 Å². The molecular weight excluding hydrogens is 444 g/mol. The predicted octanol–water partition coefficient (Wildman–Crippen LogP) is 5.25. The van der Waals surface area contributed by atoms with E-state index in [1.165, 1.54) is 11.3 Å². The number of rotatable bonds is 5. The van der Waals surface area contributed by atoms with Crippen molar-refractivity contribution in [3.63, 3.8) is 0 Å². The Balaban J connectivity index is 1.22. The maximum absolute atomic E-state index is 12.8. The molecule has 4 aromatic rings. The number of hydrogen-bond donors (Lipinski definition) is 2. The molecule has 2 aromatic carbocycles. The zero-order chi connectivity index (χ0) is 23.5. The lowest BCUT2D eigenvalue weighted by molar-refractivity contribution is 0.0116. The number of nitrogens with zero attached hydrogens (tertiary/aromatic N) is 3. The molecule has 0 bridgehead atoms. The van der Waals surface area contributed by atoms with Crippen molar-refractivity contribution >= 4 is 28.2 Å². The average Bonchev–Trinajstić information content (AvgIpc) is 3.25. The predicted molar refractivity (Wildman–Crippen MR) is 136 cm³/mol. The van der Waals surface area contributed by atoms with Crippen LogP contribution < -0.4 is 10.2 Å². The van der Waals surface area contributed by atoms with E-state index in [9.17, 15) is 9.90 Å². The first-order valence-corrected chi connectivity index (χ1v) is 12.2. The highest BCUT2D eigenvalue weighted by atomic mass is 32.1. The van der Waals surface area contributed by atoms with Crippen molar-refractivity contribution in [3.8, 4) is 11.3 Å². The molecule has 1 aliphatic rings. The molecule has 34 heavy (non-hydrogen) atoms. The van der Waals surface area contributed by atoms with Crippen LogP contribution in [-0.2, 0) is 5.60 Å². The summed E-state index contributed by atoms with van der Waals surface area (Å²) in [5.41, 5.74) is 2.55. The molecule has 0 unspecified atom stereocenters. The van der Waals surface area contributed by atoms with Gasteiger partial charge in [-0.25, -0.2) is 9.97 Å². The van der Waals surface area contributed by atoms with E-state index in [0.717, 1.165) is 27.5 Å². The van der Waals surface area contributed by atoms with Crippen LogP contribution in [0.15, 0.2) is 79.0 Å². The van der Waals surface area contributed by atoms with E-state index in [1.807, 2.05) is 73.7 Å². The quantitative estimate of drug-likeness (QED) is 0.416. The first-order valence-electron chi connectivity index (χ1n) is 11.3. The van der Waals surface area contributed by atoms with Crippen molar-refractivity contribution in [2.24, 2.45) is 0 Å². The van der Waals surface area contributed by atoms with E-state index in [4.69, 9.17) is 0 Å². The zero-order valence-corrected chi connectivity index (χ0v) is 19.8. The van der Waals surface area contributed by atoms with Crippen molar-refractivity contribution in [1.29, 1.82) is 0 Å². The molecule has 0 spiro atoms. The molecular formula is C27H26N4O2S. The van der Waals surface area contributed by atoms with Crippen LogP contribution in [0, 0.1) is 6.92 Å². The topological polar surface area (TPSA) is 78.4 Å². The third-order valence-corrected chi connectivity index (χ3v) is 7.19. The van der Waals surface area contributed by atoms with Crippen LogP contribution in [0.2, 0.25) is 0 Å². The van der Waals surface area contributed by atoms with Gasteiger partial charge in [-0.1, -0.05) is 60.7 Å². The number of thiazole rings is 1. The summed E-state index contributed by atoms with van der Waals surface area (Å²) in [4.78, 5) is 25.1. The zero-order valence-electron chi connectivity index (χ0n) is 18.9. The Morgan fingerprint density at radius 2 is 1.68 bits per heavy atom. The highest BCUT2D eigenvalue weighted by Gasteiger charge is 2.34. The van der Waals surface area contributed by atoms with Gasteiger partial charge in [0.15, 0.2) is 5.13 Å². The summed E-state index contributed by atoms with van der Waals surface area (Å²) in [5, 5.41) is 14.5. The number of hydrogen-bond acceptors (Lipinski definition) is 6. The van der Waals surface area contributed by atoms with Gasteiger partial charge < -0.3 is 10.0 Å². The van der Waals surface area contributed by atoms with E-state index < -0.39 is 5.60 Å². The number of carbonyl (C=O) groups is 1. The molecule has 0 atom stereocenters. The van der Waals surface area contributed by atoms with E-state index in [1.54, 1.807) is 12.3 Å². The number of benzene rings is 2. The number of piperidine rings is 1. The Kier molecular flexibility index (Phi) is 6.13. The SMILES string of the molecule is Cc1sc(NC(=O)c2ccc(N3CCC(O)(c4ccccc4)CC3)nc2)nc1-c1ccccc1. The molecule has 0 aliphatic carbocycles. The molecule has 5 rings (SSSR count). The second kappa shape index (κ2) is 9.37. The molecule has 6 nitrogen and oxygen atoms in total. The highest BCUT2D eigenvalue weighted by molar-refractivity contribution is 7.16. The van der Waals surface area contributed by atoms with Crippen LogP contribution in [-0.4, -0.2) is 34.1 Å². The minimum absolute atomic E-state index is 0.232. The summed E-state index contributed by atoms with van der Waals surface area (Å²) in [6.45, 7) is 3.40. The van der Waals surface area contributed by atoms with Crippen LogP contribution in [0.25, 0.3) is 11.3 Å². The minimum atomic E-state index is -0.804. The van der Waals surface area contributed by atoms with Gasteiger partial charge >= 0.3 is 0 Å². The molecule has 7 heteroatoms. The fourth-order valence-corrected chi connectivity index (χ4v) is 5.16. The third kappa shape index (κ3) is 4.58. The second-order valence-electron chi connectivity index (χ2n) is 8.53. The maximum Gasteiger partial charge on any atom is 0.259 e. The normalized spacial score (nSPS) is 15.2. The number of aryl methyl sites for hydroxylation is 1. The van der Waals surface area contributed by atoms with Gasteiger partial charge in [0.25, 0.3) is 5.91 Å². The van der Waals surface area contributed by atoms with E-state index in [0.29, 0.717) is 36.6 Å². The summed E-state index contributed by atoms with van der Waals surface area (Å²) in [6, 6.07) is 23.4. The summed E-state index contributed by atoms with van der Waals surface area (Å²) in [7, 11) is 0. The van der Waals surface area contributed by atoms with Crippen molar-refractivity contribution in [2.45, 2.75) is 25.4 Å². The Labute approximate surface area is 202 Å². The first kappa shape index (κ1) is 22.3. The number of anilines is 2. The van der Waals surface area contributed by atoms with Gasteiger partial charge in [0.2, 0.25) is 0 Å². The number of aromatic nitrogens is 2. The smallest absolute Gasteiger partial charge is 0.259 e. The van der Waals surface area contributed by atoms with E-state index in [2.05, 4.69) is 20.2 Å². The standard InChI is InChI=1S/C27H26N4O2S/c1-19-24(20-8-4-2-5-9-20)29-26(34-19)30-25(32)21-12-13-23(28-18-21)31-16-14-27(33,15-17-31)22-10-6-3-7-11-22/h2-13,18,33H,14-17H2,1H3,(H,29,30,32). The van der Waals surface area contributed by atoms with Gasteiger partial charge in [-0.05, 0) is 37.5 Å². The fraction of sp³-hybridized carbons (Fsp3) is 0.222. The monoisotopic (exact) mass is 470 g/mol. The molecule has 3 heterocycles. The van der Waals surface area contributed by atoms with E-state index >= 15 is 0 Å². The molecule has 1 aliphatic heterocycles. The molecule has 0 radical (unpaired) electrons. The molecule has 1 saturated heterocycles. The Morgan fingerprint density at radius 1 is 1.00 bits per heavy atom. The number of nitrogens with one attached hydrogen (secondary N) is 1.